The van der Waals surface area contributed by atoms with Crippen LogP contribution in [0.3, 0.4) is 0 Å². The van der Waals surface area contributed by atoms with E-state index in [2.05, 4.69) is 25.5 Å². The van der Waals surface area contributed by atoms with E-state index in [1.54, 1.807) is 6.92 Å². The fourth-order valence-electron chi connectivity index (χ4n) is 3.74. The molecule has 0 amide bonds. The molecule has 0 heterocycles. The van der Waals surface area contributed by atoms with Crippen LogP contribution in [0.25, 0.3) is 0 Å². The molecular weight excluding hydrogens is 235 g/mol. The molecule has 0 saturated heterocycles. The molecule has 2 fully saturated rings. The Bertz CT molecular complexity index is 342. The minimum atomic E-state index is -1.94. The Labute approximate surface area is 108 Å². The Morgan fingerprint density at radius 3 is 2.56 bits per heavy atom. The van der Waals surface area contributed by atoms with Crippen LogP contribution in [0, 0.1) is 16.7 Å². The van der Waals surface area contributed by atoms with Crippen LogP contribution in [-0.4, -0.2) is 25.0 Å². The summed E-state index contributed by atoms with van der Waals surface area (Å²) in [4.78, 5) is 11.3. The van der Waals surface area contributed by atoms with E-state index in [9.17, 15) is 9.18 Å². The number of carbonyl (C=O) groups excluding carboxylic acids is 1. The molecule has 104 valence electrons. The van der Waals surface area contributed by atoms with Gasteiger partial charge in [0.05, 0.1) is 12.7 Å². The first kappa shape index (κ1) is 13.8. The highest BCUT2D eigenvalue weighted by Crippen LogP contribution is 2.66. The molecule has 2 aliphatic carbocycles. The lowest BCUT2D eigenvalue weighted by Gasteiger charge is -2.39. The maximum Gasteiger partial charge on any atom is 0.368 e. The fraction of sp³-hybridized carbons (Fsp3) is 0.929. The van der Waals surface area contributed by atoms with E-state index in [-0.39, 0.29) is 23.5 Å². The number of alkyl halides is 1. The first-order valence-corrected chi connectivity index (χ1v) is 6.79. The third-order valence-corrected chi connectivity index (χ3v) is 5.47. The summed E-state index contributed by atoms with van der Waals surface area (Å²) in [6.07, 6.45) is 0.959. The van der Waals surface area contributed by atoms with Crippen molar-refractivity contribution >= 4 is 5.97 Å². The normalized spacial score (nSPS) is 38.7. The van der Waals surface area contributed by atoms with Crippen molar-refractivity contribution < 1.29 is 18.7 Å². The van der Waals surface area contributed by atoms with Crippen LogP contribution >= 0.6 is 0 Å². The van der Waals surface area contributed by atoms with Gasteiger partial charge in [-0.3, -0.25) is 0 Å². The van der Waals surface area contributed by atoms with E-state index >= 15 is 0 Å². The standard InChI is InChI=1S/C14H23FO3/c1-5-17-12(16)11(15)18-10-8-9-6-7-14(10,4)13(9,2)3/h9-11H,5-8H2,1-4H3. The minimum Gasteiger partial charge on any atom is -0.462 e. The highest BCUT2D eigenvalue weighted by Gasteiger charge is 2.62. The third-order valence-electron chi connectivity index (χ3n) is 5.47. The summed E-state index contributed by atoms with van der Waals surface area (Å²) in [5.74, 6) is -0.330. The van der Waals surface area contributed by atoms with Gasteiger partial charge in [-0.1, -0.05) is 20.8 Å². The van der Waals surface area contributed by atoms with E-state index in [0.29, 0.717) is 5.92 Å². The minimum absolute atomic E-state index is 0.0332. The van der Waals surface area contributed by atoms with Gasteiger partial charge in [0.1, 0.15) is 0 Å². The van der Waals surface area contributed by atoms with Gasteiger partial charge in [0.15, 0.2) is 0 Å². The number of fused-ring (bicyclic) bond motifs is 2. The maximum absolute atomic E-state index is 13.7. The van der Waals surface area contributed by atoms with Gasteiger partial charge in [0, 0.05) is 0 Å². The van der Waals surface area contributed by atoms with Crippen LogP contribution in [0.2, 0.25) is 0 Å². The monoisotopic (exact) mass is 258 g/mol. The first-order valence-electron chi connectivity index (χ1n) is 6.79. The van der Waals surface area contributed by atoms with Crippen molar-refractivity contribution in [2.45, 2.75) is 59.4 Å². The van der Waals surface area contributed by atoms with Gasteiger partial charge in [-0.2, -0.15) is 0 Å². The van der Waals surface area contributed by atoms with Crippen LogP contribution in [0.5, 0.6) is 0 Å². The average Bonchev–Trinajstić information content (AvgIpc) is 2.62. The number of halogens is 1. The van der Waals surface area contributed by atoms with E-state index in [1.165, 1.54) is 6.42 Å². The van der Waals surface area contributed by atoms with Crippen molar-refractivity contribution in [3.63, 3.8) is 0 Å². The smallest absolute Gasteiger partial charge is 0.368 e. The summed E-state index contributed by atoms with van der Waals surface area (Å²) >= 11 is 0. The molecule has 2 saturated carbocycles. The molecule has 2 rings (SSSR count). The van der Waals surface area contributed by atoms with E-state index < -0.39 is 12.3 Å². The van der Waals surface area contributed by atoms with Gasteiger partial charge in [0.25, 0.3) is 6.36 Å². The second-order valence-corrected chi connectivity index (χ2v) is 6.30. The summed E-state index contributed by atoms with van der Waals surface area (Å²) in [6, 6.07) is 0. The van der Waals surface area contributed by atoms with E-state index in [0.717, 1.165) is 12.8 Å². The number of esters is 1. The number of hydrogen-bond donors (Lipinski definition) is 0. The van der Waals surface area contributed by atoms with Crippen molar-refractivity contribution in [2.24, 2.45) is 16.7 Å². The molecule has 0 N–H and O–H groups in total. The maximum atomic E-state index is 13.7. The predicted molar refractivity (Wildman–Crippen MR) is 65.6 cm³/mol. The molecule has 0 aromatic carbocycles. The first-order chi connectivity index (χ1) is 8.33. The predicted octanol–water partition coefficient (Wildman–Crippen LogP) is 3.08. The Balaban J connectivity index is 2.02. The zero-order valence-corrected chi connectivity index (χ0v) is 11.7. The topological polar surface area (TPSA) is 35.5 Å². The quantitative estimate of drug-likeness (QED) is 0.727. The lowest BCUT2D eigenvalue weighted by atomic mass is 9.70. The molecule has 0 aromatic rings. The number of rotatable bonds is 4. The Hall–Kier alpha value is -0.640. The van der Waals surface area contributed by atoms with Crippen molar-refractivity contribution in [3.05, 3.63) is 0 Å². The Kier molecular flexibility index (Phi) is 3.43. The highest BCUT2D eigenvalue weighted by atomic mass is 19.1. The largest absolute Gasteiger partial charge is 0.462 e. The third kappa shape index (κ3) is 1.85. The number of ether oxygens (including phenoxy) is 2. The van der Waals surface area contributed by atoms with Gasteiger partial charge >= 0.3 is 5.97 Å². The summed E-state index contributed by atoms with van der Waals surface area (Å²) in [5.41, 5.74) is 0.126. The lowest BCUT2D eigenvalue weighted by molar-refractivity contribution is -0.186. The SMILES string of the molecule is CCOC(=O)C(F)OC1CC2CCC1(C)C2(C)C. The van der Waals surface area contributed by atoms with Crippen molar-refractivity contribution in [3.8, 4) is 0 Å². The molecule has 2 aliphatic rings. The second-order valence-electron chi connectivity index (χ2n) is 6.30. The van der Waals surface area contributed by atoms with Crippen LogP contribution in [0.1, 0.15) is 47.0 Å². The fourth-order valence-corrected chi connectivity index (χ4v) is 3.74. The Morgan fingerprint density at radius 2 is 2.11 bits per heavy atom. The summed E-state index contributed by atoms with van der Waals surface area (Å²) < 4.78 is 23.7. The highest BCUT2D eigenvalue weighted by molar-refractivity contribution is 5.72. The van der Waals surface area contributed by atoms with Crippen LogP contribution in [0.4, 0.5) is 4.39 Å². The number of hydrogen-bond acceptors (Lipinski definition) is 3. The molecule has 4 heteroatoms. The molecule has 18 heavy (non-hydrogen) atoms. The second kappa shape index (κ2) is 4.48. The van der Waals surface area contributed by atoms with Crippen LogP contribution < -0.4 is 0 Å². The van der Waals surface area contributed by atoms with Crippen molar-refractivity contribution in [1.82, 2.24) is 0 Å². The van der Waals surface area contributed by atoms with Gasteiger partial charge in [-0.15, -0.1) is 0 Å². The van der Waals surface area contributed by atoms with E-state index in [4.69, 9.17) is 4.74 Å². The van der Waals surface area contributed by atoms with Gasteiger partial charge in [-0.25, -0.2) is 9.18 Å². The summed E-state index contributed by atoms with van der Waals surface area (Å²) in [6.45, 7) is 8.45. The van der Waals surface area contributed by atoms with Gasteiger partial charge in [-0.05, 0) is 42.9 Å². The van der Waals surface area contributed by atoms with Crippen LogP contribution in [0.15, 0.2) is 0 Å². The molecule has 0 aliphatic heterocycles. The van der Waals surface area contributed by atoms with Crippen molar-refractivity contribution in [2.75, 3.05) is 6.61 Å². The van der Waals surface area contributed by atoms with E-state index in [1.807, 2.05) is 0 Å². The Morgan fingerprint density at radius 1 is 1.44 bits per heavy atom. The zero-order chi connectivity index (χ0) is 13.6. The summed E-state index contributed by atoms with van der Waals surface area (Å²) in [5, 5.41) is 0. The molecule has 0 radical (unpaired) electrons. The van der Waals surface area contributed by atoms with Gasteiger partial charge < -0.3 is 9.47 Å². The lowest BCUT2D eigenvalue weighted by Crippen LogP contribution is -2.40. The molecule has 0 spiro atoms. The number of carbonyl (C=O) groups is 1. The van der Waals surface area contributed by atoms with Crippen molar-refractivity contribution in [1.29, 1.82) is 0 Å². The summed E-state index contributed by atoms with van der Waals surface area (Å²) in [7, 11) is 0. The van der Waals surface area contributed by atoms with Crippen LogP contribution in [-0.2, 0) is 14.3 Å². The molecule has 0 aromatic heterocycles. The molecule has 2 bridgehead atoms. The molecule has 4 unspecified atom stereocenters. The molecule has 3 nitrogen and oxygen atoms in total. The molecule has 4 atom stereocenters. The molecular formula is C14H23FO3. The average molecular weight is 258 g/mol. The zero-order valence-electron chi connectivity index (χ0n) is 11.7. The van der Waals surface area contributed by atoms with Gasteiger partial charge in [0.2, 0.25) is 0 Å².